The molecule has 1 rings (SSSR count). The van der Waals surface area contributed by atoms with Crippen LogP contribution in [0.4, 0.5) is 0 Å². The second kappa shape index (κ2) is 5.61. The highest BCUT2D eigenvalue weighted by molar-refractivity contribution is 5.85. The van der Waals surface area contributed by atoms with E-state index in [4.69, 9.17) is 10.5 Å². The van der Waals surface area contributed by atoms with E-state index >= 15 is 0 Å². The van der Waals surface area contributed by atoms with Gasteiger partial charge in [-0.25, -0.2) is 0 Å². The van der Waals surface area contributed by atoms with Gasteiger partial charge >= 0.3 is 0 Å². The zero-order chi connectivity index (χ0) is 11.3. The maximum absolute atomic E-state index is 12.0. The van der Waals surface area contributed by atoms with Crippen molar-refractivity contribution in [3.63, 3.8) is 0 Å². The highest BCUT2D eigenvalue weighted by atomic mass is 16.5. The summed E-state index contributed by atoms with van der Waals surface area (Å²) in [5.41, 5.74) is 5.47. The Labute approximate surface area is 92.4 Å². The van der Waals surface area contributed by atoms with E-state index in [0.717, 1.165) is 12.8 Å². The SMILES string of the molecule is CCCCCCC(=O)C1(C)COCC1N. The molecule has 1 aliphatic heterocycles. The molecule has 0 bridgehead atoms. The molecule has 1 fully saturated rings. The Hall–Kier alpha value is -0.410. The molecular formula is C12H23NO2. The van der Waals surface area contributed by atoms with E-state index in [0.29, 0.717) is 19.6 Å². The lowest BCUT2D eigenvalue weighted by atomic mass is 9.79. The Morgan fingerprint density at radius 3 is 2.73 bits per heavy atom. The molecule has 0 saturated carbocycles. The van der Waals surface area contributed by atoms with Gasteiger partial charge in [0.2, 0.25) is 0 Å². The minimum absolute atomic E-state index is 0.115. The number of hydrogen-bond donors (Lipinski definition) is 1. The molecule has 0 amide bonds. The molecule has 0 aromatic rings. The van der Waals surface area contributed by atoms with Crippen molar-refractivity contribution >= 4 is 5.78 Å². The summed E-state index contributed by atoms with van der Waals surface area (Å²) in [7, 11) is 0. The van der Waals surface area contributed by atoms with Crippen LogP contribution in [0.5, 0.6) is 0 Å². The van der Waals surface area contributed by atoms with Gasteiger partial charge in [0.1, 0.15) is 5.78 Å². The highest BCUT2D eigenvalue weighted by Gasteiger charge is 2.43. The number of rotatable bonds is 6. The average Bonchev–Trinajstić information content (AvgIpc) is 2.55. The van der Waals surface area contributed by atoms with Crippen LogP contribution in [0, 0.1) is 5.41 Å². The fraction of sp³-hybridized carbons (Fsp3) is 0.917. The number of unbranched alkanes of at least 4 members (excludes halogenated alkanes) is 3. The Morgan fingerprint density at radius 2 is 2.20 bits per heavy atom. The molecule has 1 saturated heterocycles. The summed E-state index contributed by atoms with van der Waals surface area (Å²) >= 11 is 0. The standard InChI is InChI=1S/C12H23NO2/c1-3-4-5-6-7-11(14)12(2)9-15-8-10(12)13/h10H,3-9,13H2,1-2H3. The first kappa shape index (κ1) is 12.7. The lowest BCUT2D eigenvalue weighted by Gasteiger charge is -2.24. The molecule has 88 valence electrons. The molecule has 3 heteroatoms. The summed E-state index contributed by atoms with van der Waals surface area (Å²) in [4.78, 5) is 12.0. The summed E-state index contributed by atoms with van der Waals surface area (Å²) in [6.07, 6.45) is 5.22. The Kier molecular flexibility index (Phi) is 4.74. The van der Waals surface area contributed by atoms with Crippen molar-refractivity contribution in [2.45, 2.75) is 52.0 Å². The lowest BCUT2D eigenvalue weighted by molar-refractivity contribution is -0.128. The number of hydrogen-bond acceptors (Lipinski definition) is 3. The van der Waals surface area contributed by atoms with Gasteiger partial charge in [-0.2, -0.15) is 0 Å². The van der Waals surface area contributed by atoms with Crippen LogP contribution in [0.15, 0.2) is 0 Å². The molecule has 3 nitrogen and oxygen atoms in total. The quantitative estimate of drug-likeness (QED) is 0.685. The van der Waals surface area contributed by atoms with E-state index in [2.05, 4.69) is 6.92 Å². The summed E-state index contributed by atoms with van der Waals surface area (Å²) in [6, 6.07) is -0.115. The highest BCUT2D eigenvalue weighted by Crippen LogP contribution is 2.30. The first-order valence-corrected chi connectivity index (χ1v) is 5.98. The molecule has 0 aromatic heterocycles. The maximum Gasteiger partial charge on any atom is 0.142 e. The Balaban J connectivity index is 2.32. The van der Waals surface area contributed by atoms with Crippen LogP contribution in [0.3, 0.4) is 0 Å². The fourth-order valence-corrected chi connectivity index (χ4v) is 1.97. The molecule has 1 aliphatic rings. The largest absolute Gasteiger partial charge is 0.379 e. The number of carbonyl (C=O) groups excluding carboxylic acids is 1. The van der Waals surface area contributed by atoms with Crippen LogP contribution in [0.1, 0.15) is 46.0 Å². The van der Waals surface area contributed by atoms with Gasteiger partial charge in [0, 0.05) is 12.5 Å². The maximum atomic E-state index is 12.0. The van der Waals surface area contributed by atoms with Crippen LogP contribution >= 0.6 is 0 Å². The smallest absolute Gasteiger partial charge is 0.142 e. The summed E-state index contributed by atoms with van der Waals surface area (Å²) in [5.74, 6) is 0.281. The summed E-state index contributed by atoms with van der Waals surface area (Å²) in [6.45, 7) is 5.13. The second-order valence-electron chi connectivity index (χ2n) is 4.77. The summed E-state index contributed by atoms with van der Waals surface area (Å²) in [5, 5.41) is 0. The second-order valence-corrected chi connectivity index (χ2v) is 4.77. The molecule has 2 N–H and O–H groups in total. The van der Waals surface area contributed by atoms with Crippen LogP contribution in [-0.2, 0) is 9.53 Å². The number of ketones is 1. The number of carbonyl (C=O) groups is 1. The van der Waals surface area contributed by atoms with E-state index in [1.807, 2.05) is 6.92 Å². The predicted octanol–water partition coefficient (Wildman–Crippen LogP) is 1.89. The van der Waals surface area contributed by atoms with Crippen molar-refractivity contribution in [3.05, 3.63) is 0 Å². The molecule has 0 aliphatic carbocycles. The minimum Gasteiger partial charge on any atom is -0.379 e. The number of Topliss-reactive ketones (excluding diaryl/α,β-unsaturated/α-hetero) is 1. The van der Waals surface area contributed by atoms with Crippen molar-refractivity contribution in [2.24, 2.45) is 11.1 Å². The molecular weight excluding hydrogens is 190 g/mol. The van der Waals surface area contributed by atoms with E-state index in [-0.39, 0.29) is 11.8 Å². The molecule has 2 unspecified atom stereocenters. The van der Waals surface area contributed by atoms with Crippen molar-refractivity contribution in [1.82, 2.24) is 0 Å². The van der Waals surface area contributed by atoms with Gasteiger partial charge in [0.05, 0.1) is 18.6 Å². The normalized spacial score (nSPS) is 30.7. The zero-order valence-corrected chi connectivity index (χ0v) is 9.92. The van der Waals surface area contributed by atoms with Crippen LogP contribution < -0.4 is 5.73 Å². The molecule has 0 spiro atoms. The fourth-order valence-electron chi connectivity index (χ4n) is 1.97. The monoisotopic (exact) mass is 213 g/mol. The van der Waals surface area contributed by atoms with E-state index in [9.17, 15) is 4.79 Å². The molecule has 0 aromatic carbocycles. The van der Waals surface area contributed by atoms with Crippen LogP contribution in [0.25, 0.3) is 0 Å². The van der Waals surface area contributed by atoms with E-state index < -0.39 is 5.41 Å². The van der Waals surface area contributed by atoms with Crippen LogP contribution in [-0.4, -0.2) is 25.0 Å². The summed E-state index contributed by atoms with van der Waals surface area (Å²) < 4.78 is 5.28. The first-order chi connectivity index (χ1) is 7.11. The van der Waals surface area contributed by atoms with Crippen molar-refractivity contribution in [2.75, 3.05) is 13.2 Å². The predicted molar refractivity (Wildman–Crippen MR) is 60.7 cm³/mol. The molecule has 1 heterocycles. The van der Waals surface area contributed by atoms with Gasteiger partial charge < -0.3 is 10.5 Å². The van der Waals surface area contributed by atoms with Crippen molar-refractivity contribution < 1.29 is 9.53 Å². The zero-order valence-electron chi connectivity index (χ0n) is 9.92. The number of ether oxygens (including phenoxy) is 1. The lowest BCUT2D eigenvalue weighted by Crippen LogP contribution is -2.44. The van der Waals surface area contributed by atoms with Gasteiger partial charge in [-0.1, -0.05) is 26.2 Å². The Bertz CT molecular complexity index is 218. The van der Waals surface area contributed by atoms with Gasteiger partial charge in [-0.3, -0.25) is 4.79 Å². The topological polar surface area (TPSA) is 52.3 Å². The molecule has 15 heavy (non-hydrogen) atoms. The van der Waals surface area contributed by atoms with E-state index in [1.54, 1.807) is 0 Å². The third-order valence-electron chi connectivity index (χ3n) is 3.41. The van der Waals surface area contributed by atoms with Crippen molar-refractivity contribution in [3.8, 4) is 0 Å². The van der Waals surface area contributed by atoms with Crippen molar-refractivity contribution in [1.29, 1.82) is 0 Å². The van der Waals surface area contributed by atoms with Gasteiger partial charge in [-0.15, -0.1) is 0 Å². The first-order valence-electron chi connectivity index (χ1n) is 5.98. The molecule has 0 radical (unpaired) electrons. The van der Waals surface area contributed by atoms with Gasteiger partial charge in [-0.05, 0) is 13.3 Å². The minimum atomic E-state index is -0.424. The third-order valence-corrected chi connectivity index (χ3v) is 3.41. The number of nitrogens with two attached hydrogens (primary N) is 1. The average molecular weight is 213 g/mol. The van der Waals surface area contributed by atoms with E-state index in [1.165, 1.54) is 12.8 Å². The third kappa shape index (κ3) is 3.02. The van der Waals surface area contributed by atoms with Gasteiger partial charge in [0.25, 0.3) is 0 Å². The van der Waals surface area contributed by atoms with Crippen LogP contribution in [0.2, 0.25) is 0 Å². The van der Waals surface area contributed by atoms with Gasteiger partial charge in [0.15, 0.2) is 0 Å². The Morgan fingerprint density at radius 1 is 1.47 bits per heavy atom. The molecule has 2 atom stereocenters.